The van der Waals surface area contributed by atoms with E-state index in [1.165, 1.54) is 0 Å². The molecule has 1 saturated heterocycles. The van der Waals surface area contributed by atoms with Crippen molar-refractivity contribution in [1.29, 1.82) is 0 Å². The SMILES string of the molecule is CCOC(=O)CCC1(CC)OCCO1. The molecule has 4 nitrogen and oxygen atoms in total. The van der Waals surface area contributed by atoms with Gasteiger partial charge < -0.3 is 14.2 Å². The summed E-state index contributed by atoms with van der Waals surface area (Å²) in [6.07, 6.45) is 1.72. The summed E-state index contributed by atoms with van der Waals surface area (Å²) in [5.41, 5.74) is 0. The first-order valence-corrected chi connectivity index (χ1v) is 5.16. The van der Waals surface area contributed by atoms with Crippen LogP contribution in [0.5, 0.6) is 0 Å². The van der Waals surface area contributed by atoms with E-state index in [2.05, 4.69) is 0 Å². The van der Waals surface area contributed by atoms with Crippen LogP contribution in [-0.4, -0.2) is 31.6 Å². The molecule has 0 radical (unpaired) electrons. The number of esters is 1. The number of rotatable bonds is 5. The smallest absolute Gasteiger partial charge is 0.305 e. The van der Waals surface area contributed by atoms with Crippen molar-refractivity contribution < 1.29 is 19.0 Å². The van der Waals surface area contributed by atoms with E-state index in [1.54, 1.807) is 6.92 Å². The Hall–Kier alpha value is -0.610. The van der Waals surface area contributed by atoms with E-state index in [0.29, 0.717) is 32.7 Å². The average Bonchev–Trinajstić information content (AvgIpc) is 2.65. The monoisotopic (exact) mass is 202 g/mol. The lowest BCUT2D eigenvalue weighted by molar-refractivity contribution is -0.171. The van der Waals surface area contributed by atoms with Crippen LogP contribution in [0, 0.1) is 0 Å². The van der Waals surface area contributed by atoms with Crippen molar-refractivity contribution in [2.45, 2.75) is 38.9 Å². The van der Waals surface area contributed by atoms with Gasteiger partial charge in [0.2, 0.25) is 0 Å². The Balaban J connectivity index is 2.30. The van der Waals surface area contributed by atoms with Gasteiger partial charge in [0.1, 0.15) is 0 Å². The summed E-state index contributed by atoms with van der Waals surface area (Å²) in [6, 6.07) is 0. The molecule has 82 valence electrons. The van der Waals surface area contributed by atoms with Crippen LogP contribution in [0.3, 0.4) is 0 Å². The molecule has 14 heavy (non-hydrogen) atoms. The van der Waals surface area contributed by atoms with E-state index in [0.717, 1.165) is 6.42 Å². The maximum Gasteiger partial charge on any atom is 0.305 e. The molecule has 0 saturated carbocycles. The highest BCUT2D eigenvalue weighted by molar-refractivity contribution is 5.69. The second-order valence-corrected chi connectivity index (χ2v) is 3.27. The van der Waals surface area contributed by atoms with Gasteiger partial charge >= 0.3 is 5.97 Å². The normalized spacial score (nSPS) is 19.6. The molecule has 0 aliphatic carbocycles. The summed E-state index contributed by atoms with van der Waals surface area (Å²) in [7, 11) is 0. The lowest BCUT2D eigenvalue weighted by Gasteiger charge is -2.25. The molecule has 0 unspecified atom stereocenters. The second-order valence-electron chi connectivity index (χ2n) is 3.27. The second kappa shape index (κ2) is 5.32. The van der Waals surface area contributed by atoms with E-state index in [-0.39, 0.29) is 5.97 Å². The van der Waals surface area contributed by atoms with Crippen molar-refractivity contribution in [2.75, 3.05) is 19.8 Å². The lowest BCUT2D eigenvalue weighted by Crippen LogP contribution is -2.30. The maximum absolute atomic E-state index is 11.1. The first-order valence-electron chi connectivity index (χ1n) is 5.16. The zero-order chi connectivity index (χ0) is 10.4. The molecular weight excluding hydrogens is 184 g/mol. The van der Waals surface area contributed by atoms with Crippen LogP contribution in [0.4, 0.5) is 0 Å². The largest absolute Gasteiger partial charge is 0.466 e. The minimum Gasteiger partial charge on any atom is -0.466 e. The van der Waals surface area contributed by atoms with E-state index in [9.17, 15) is 4.79 Å². The topological polar surface area (TPSA) is 44.8 Å². The Bertz CT molecular complexity index is 185. The lowest BCUT2D eigenvalue weighted by atomic mass is 10.1. The standard InChI is InChI=1S/C10H18O4/c1-3-10(13-7-8-14-10)6-5-9(11)12-4-2/h3-8H2,1-2H3. The van der Waals surface area contributed by atoms with E-state index < -0.39 is 5.79 Å². The van der Waals surface area contributed by atoms with Gasteiger partial charge in [-0.1, -0.05) is 6.92 Å². The van der Waals surface area contributed by atoms with E-state index in [4.69, 9.17) is 14.2 Å². The summed E-state index contributed by atoms with van der Waals surface area (Å²) in [4.78, 5) is 11.1. The van der Waals surface area contributed by atoms with Gasteiger partial charge in [-0.25, -0.2) is 0 Å². The highest BCUT2D eigenvalue weighted by Gasteiger charge is 2.34. The zero-order valence-electron chi connectivity index (χ0n) is 8.88. The van der Waals surface area contributed by atoms with Gasteiger partial charge in [-0.2, -0.15) is 0 Å². The molecule has 0 atom stereocenters. The molecular formula is C10H18O4. The molecule has 4 heteroatoms. The van der Waals surface area contributed by atoms with Crippen LogP contribution in [0.25, 0.3) is 0 Å². The fourth-order valence-corrected chi connectivity index (χ4v) is 1.55. The zero-order valence-corrected chi connectivity index (χ0v) is 8.88. The number of hydrogen-bond donors (Lipinski definition) is 0. The number of carbonyl (C=O) groups excluding carboxylic acids is 1. The van der Waals surface area contributed by atoms with Gasteiger partial charge in [-0.3, -0.25) is 4.79 Å². The fraction of sp³-hybridized carbons (Fsp3) is 0.900. The Morgan fingerprint density at radius 2 is 2.00 bits per heavy atom. The van der Waals surface area contributed by atoms with E-state index >= 15 is 0 Å². The van der Waals surface area contributed by atoms with E-state index in [1.807, 2.05) is 6.92 Å². The minimum atomic E-state index is -0.535. The molecule has 1 heterocycles. The van der Waals surface area contributed by atoms with Crippen LogP contribution in [0.1, 0.15) is 33.1 Å². The molecule has 0 N–H and O–H groups in total. The number of hydrogen-bond acceptors (Lipinski definition) is 4. The van der Waals surface area contributed by atoms with Crippen molar-refractivity contribution in [3.8, 4) is 0 Å². The van der Waals surface area contributed by atoms with Crippen molar-refractivity contribution in [2.24, 2.45) is 0 Å². The maximum atomic E-state index is 11.1. The summed E-state index contributed by atoms with van der Waals surface area (Å²) < 4.78 is 15.8. The number of carbonyl (C=O) groups is 1. The van der Waals surface area contributed by atoms with Crippen LogP contribution in [-0.2, 0) is 19.0 Å². The quantitative estimate of drug-likeness (QED) is 0.633. The Morgan fingerprint density at radius 3 is 2.50 bits per heavy atom. The third-order valence-corrected chi connectivity index (χ3v) is 2.37. The molecule has 1 rings (SSSR count). The fourth-order valence-electron chi connectivity index (χ4n) is 1.55. The van der Waals surface area contributed by atoms with Crippen LogP contribution in [0.2, 0.25) is 0 Å². The average molecular weight is 202 g/mol. The molecule has 1 aliphatic heterocycles. The summed E-state index contributed by atoms with van der Waals surface area (Å²) in [5.74, 6) is -0.716. The summed E-state index contributed by atoms with van der Waals surface area (Å²) in [6.45, 7) is 5.47. The van der Waals surface area contributed by atoms with Gasteiger partial charge in [-0.05, 0) is 13.3 Å². The van der Waals surface area contributed by atoms with Gasteiger partial charge in [0.15, 0.2) is 5.79 Å². The predicted octanol–water partition coefficient (Wildman–Crippen LogP) is 1.48. The Morgan fingerprint density at radius 1 is 1.36 bits per heavy atom. The highest BCUT2D eigenvalue weighted by atomic mass is 16.7. The molecule has 0 aromatic carbocycles. The summed E-state index contributed by atoms with van der Waals surface area (Å²) >= 11 is 0. The van der Waals surface area contributed by atoms with Gasteiger partial charge in [0.25, 0.3) is 0 Å². The molecule has 0 amide bonds. The Labute approximate surface area is 84.5 Å². The van der Waals surface area contributed by atoms with Crippen LogP contribution < -0.4 is 0 Å². The summed E-state index contributed by atoms with van der Waals surface area (Å²) in [5, 5.41) is 0. The molecule has 0 spiro atoms. The predicted molar refractivity (Wildman–Crippen MR) is 50.8 cm³/mol. The molecule has 0 bridgehead atoms. The first kappa shape index (κ1) is 11.5. The van der Waals surface area contributed by atoms with Crippen molar-refractivity contribution in [3.63, 3.8) is 0 Å². The molecule has 0 aromatic heterocycles. The van der Waals surface area contributed by atoms with Crippen molar-refractivity contribution in [1.82, 2.24) is 0 Å². The van der Waals surface area contributed by atoms with Crippen molar-refractivity contribution in [3.05, 3.63) is 0 Å². The third kappa shape index (κ3) is 2.96. The Kier molecular flexibility index (Phi) is 4.35. The number of ether oxygens (including phenoxy) is 3. The minimum absolute atomic E-state index is 0.181. The van der Waals surface area contributed by atoms with Crippen LogP contribution in [0.15, 0.2) is 0 Å². The van der Waals surface area contributed by atoms with Crippen molar-refractivity contribution >= 4 is 5.97 Å². The molecule has 0 aromatic rings. The van der Waals surface area contributed by atoms with Gasteiger partial charge in [0, 0.05) is 6.42 Å². The van der Waals surface area contributed by atoms with Gasteiger partial charge in [-0.15, -0.1) is 0 Å². The van der Waals surface area contributed by atoms with Gasteiger partial charge in [0.05, 0.1) is 26.2 Å². The third-order valence-electron chi connectivity index (χ3n) is 2.37. The molecule has 1 aliphatic rings. The van der Waals surface area contributed by atoms with Crippen LogP contribution >= 0.6 is 0 Å². The highest BCUT2D eigenvalue weighted by Crippen LogP contribution is 2.28. The molecule has 1 fully saturated rings. The first-order chi connectivity index (χ1) is 6.72.